The molecule has 1 fully saturated rings. The topological polar surface area (TPSA) is 55.6 Å². The van der Waals surface area contributed by atoms with E-state index in [2.05, 4.69) is 0 Å². The van der Waals surface area contributed by atoms with Gasteiger partial charge in [0.05, 0.1) is 5.69 Å². The SMILES string of the molecule is CCN1C(=O)COc2ccc(C(N)C3CC3)cc21. The lowest BCUT2D eigenvalue weighted by atomic mass is 10.0. The first kappa shape index (κ1) is 11.5. The Morgan fingerprint density at radius 3 is 2.94 bits per heavy atom. The molecule has 18 heavy (non-hydrogen) atoms. The monoisotopic (exact) mass is 246 g/mol. The lowest BCUT2D eigenvalue weighted by Crippen LogP contribution is -2.38. The van der Waals surface area contributed by atoms with Crippen LogP contribution in [-0.2, 0) is 4.79 Å². The number of likely N-dealkylation sites (N-methyl/N-ethyl adjacent to an activating group) is 1. The minimum absolute atomic E-state index is 0.0159. The molecule has 0 radical (unpaired) electrons. The summed E-state index contributed by atoms with van der Waals surface area (Å²) >= 11 is 0. The Balaban J connectivity index is 1.96. The van der Waals surface area contributed by atoms with Crippen LogP contribution in [0.5, 0.6) is 5.75 Å². The van der Waals surface area contributed by atoms with Crippen LogP contribution in [0.1, 0.15) is 31.4 Å². The summed E-state index contributed by atoms with van der Waals surface area (Å²) in [7, 11) is 0. The highest BCUT2D eigenvalue weighted by Gasteiger charge is 2.31. The Morgan fingerprint density at radius 2 is 2.28 bits per heavy atom. The second kappa shape index (κ2) is 4.28. The number of fused-ring (bicyclic) bond motifs is 1. The molecule has 4 nitrogen and oxygen atoms in total. The second-order valence-electron chi connectivity index (χ2n) is 5.02. The molecule has 1 heterocycles. The summed E-state index contributed by atoms with van der Waals surface area (Å²) in [5, 5.41) is 0. The molecule has 4 heteroatoms. The van der Waals surface area contributed by atoms with Crippen molar-refractivity contribution in [3.05, 3.63) is 23.8 Å². The molecule has 1 aliphatic carbocycles. The highest BCUT2D eigenvalue weighted by atomic mass is 16.5. The van der Waals surface area contributed by atoms with Crippen LogP contribution in [0.3, 0.4) is 0 Å². The molecule has 1 atom stereocenters. The maximum absolute atomic E-state index is 11.8. The van der Waals surface area contributed by atoms with Crippen molar-refractivity contribution < 1.29 is 9.53 Å². The molecular formula is C14H18N2O2. The number of anilines is 1. The van der Waals surface area contributed by atoms with Crippen molar-refractivity contribution in [2.24, 2.45) is 11.7 Å². The molecule has 0 aromatic heterocycles. The number of carbonyl (C=O) groups is 1. The van der Waals surface area contributed by atoms with Crippen molar-refractivity contribution in [3.8, 4) is 5.75 Å². The van der Waals surface area contributed by atoms with Crippen LogP contribution in [0.15, 0.2) is 18.2 Å². The van der Waals surface area contributed by atoms with Crippen LogP contribution in [0.2, 0.25) is 0 Å². The summed E-state index contributed by atoms with van der Waals surface area (Å²) in [6.07, 6.45) is 2.43. The average Bonchev–Trinajstić information content (AvgIpc) is 3.21. The molecule has 0 bridgehead atoms. The zero-order valence-electron chi connectivity index (χ0n) is 10.6. The predicted molar refractivity (Wildman–Crippen MR) is 69.6 cm³/mol. The number of benzene rings is 1. The molecule has 1 aromatic carbocycles. The minimum atomic E-state index is 0.0159. The summed E-state index contributed by atoms with van der Waals surface area (Å²) in [4.78, 5) is 13.6. The van der Waals surface area contributed by atoms with Gasteiger partial charge in [-0.05, 0) is 43.4 Å². The van der Waals surface area contributed by atoms with Gasteiger partial charge in [-0.15, -0.1) is 0 Å². The normalized spacial score (nSPS) is 20.3. The number of nitrogens with two attached hydrogens (primary N) is 1. The molecule has 1 amide bonds. The number of amides is 1. The van der Waals surface area contributed by atoms with E-state index < -0.39 is 0 Å². The third-order valence-electron chi connectivity index (χ3n) is 3.76. The standard InChI is InChI=1S/C14H18N2O2/c1-2-16-11-7-10(14(15)9-3-4-9)5-6-12(11)18-8-13(16)17/h5-7,9,14H,2-4,8,15H2,1H3. The number of hydrogen-bond acceptors (Lipinski definition) is 3. The maximum atomic E-state index is 11.8. The summed E-state index contributed by atoms with van der Waals surface area (Å²) in [5.74, 6) is 1.41. The number of nitrogens with zero attached hydrogens (tertiary/aromatic N) is 1. The minimum Gasteiger partial charge on any atom is -0.482 e. The molecule has 3 rings (SSSR count). The highest BCUT2D eigenvalue weighted by molar-refractivity contribution is 5.97. The fraction of sp³-hybridized carbons (Fsp3) is 0.500. The quantitative estimate of drug-likeness (QED) is 0.885. The lowest BCUT2D eigenvalue weighted by molar-refractivity contribution is -0.121. The van der Waals surface area contributed by atoms with E-state index in [0.29, 0.717) is 12.5 Å². The maximum Gasteiger partial charge on any atom is 0.265 e. The molecule has 96 valence electrons. The third kappa shape index (κ3) is 1.86. The fourth-order valence-electron chi connectivity index (χ4n) is 2.50. The second-order valence-corrected chi connectivity index (χ2v) is 5.02. The van der Waals surface area contributed by atoms with Crippen LogP contribution < -0.4 is 15.4 Å². The molecule has 1 aromatic rings. The number of carbonyl (C=O) groups excluding carboxylic acids is 1. The van der Waals surface area contributed by atoms with Gasteiger partial charge in [-0.3, -0.25) is 4.79 Å². The molecule has 1 aliphatic heterocycles. The van der Waals surface area contributed by atoms with E-state index >= 15 is 0 Å². The first-order valence-corrected chi connectivity index (χ1v) is 6.53. The van der Waals surface area contributed by atoms with Crippen molar-refractivity contribution in [2.75, 3.05) is 18.1 Å². The van der Waals surface area contributed by atoms with Crippen LogP contribution in [0.25, 0.3) is 0 Å². The van der Waals surface area contributed by atoms with Crippen LogP contribution >= 0.6 is 0 Å². The number of ether oxygens (including phenoxy) is 1. The van der Waals surface area contributed by atoms with Gasteiger partial charge in [-0.2, -0.15) is 0 Å². The Hall–Kier alpha value is -1.55. The average molecular weight is 246 g/mol. The van der Waals surface area contributed by atoms with Gasteiger partial charge in [0, 0.05) is 12.6 Å². The molecular weight excluding hydrogens is 228 g/mol. The van der Waals surface area contributed by atoms with E-state index in [-0.39, 0.29) is 18.6 Å². The predicted octanol–water partition coefficient (Wildman–Crippen LogP) is 1.84. The van der Waals surface area contributed by atoms with Crippen molar-refractivity contribution >= 4 is 11.6 Å². The fourth-order valence-corrected chi connectivity index (χ4v) is 2.50. The smallest absolute Gasteiger partial charge is 0.265 e. The van der Waals surface area contributed by atoms with Crippen molar-refractivity contribution in [1.29, 1.82) is 0 Å². The summed E-state index contributed by atoms with van der Waals surface area (Å²) in [6, 6.07) is 6.05. The van der Waals surface area contributed by atoms with E-state index in [1.807, 2.05) is 25.1 Å². The van der Waals surface area contributed by atoms with Gasteiger partial charge in [-0.25, -0.2) is 0 Å². The molecule has 1 saturated carbocycles. The molecule has 2 N–H and O–H groups in total. The Morgan fingerprint density at radius 1 is 1.50 bits per heavy atom. The van der Waals surface area contributed by atoms with E-state index in [1.165, 1.54) is 12.8 Å². The van der Waals surface area contributed by atoms with E-state index in [0.717, 1.165) is 17.0 Å². The number of hydrogen-bond donors (Lipinski definition) is 1. The first-order valence-electron chi connectivity index (χ1n) is 6.53. The Kier molecular flexibility index (Phi) is 2.74. The van der Waals surface area contributed by atoms with Gasteiger partial charge in [-0.1, -0.05) is 6.07 Å². The van der Waals surface area contributed by atoms with Crippen molar-refractivity contribution in [1.82, 2.24) is 0 Å². The van der Waals surface area contributed by atoms with Crippen LogP contribution in [0.4, 0.5) is 5.69 Å². The Bertz CT molecular complexity index is 483. The van der Waals surface area contributed by atoms with Gasteiger partial charge in [0.1, 0.15) is 5.75 Å². The number of rotatable bonds is 3. The van der Waals surface area contributed by atoms with Gasteiger partial charge >= 0.3 is 0 Å². The molecule has 2 aliphatic rings. The summed E-state index contributed by atoms with van der Waals surface area (Å²) in [5.41, 5.74) is 8.18. The first-order chi connectivity index (χ1) is 8.70. The zero-order valence-corrected chi connectivity index (χ0v) is 10.6. The van der Waals surface area contributed by atoms with E-state index in [4.69, 9.17) is 10.5 Å². The Labute approximate surface area is 107 Å². The molecule has 1 unspecified atom stereocenters. The van der Waals surface area contributed by atoms with E-state index in [1.54, 1.807) is 4.90 Å². The van der Waals surface area contributed by atoms with Crippen molar-refractivity contribution in [3.63, 3.8) is 0 Å². The van der Waals surface area contributed by atoms with Crippen LogP contribution in [0, 0.1) is 5.92 Å². The van der Waals surface area contributed by atoms with Gasteiger partial charge < -0.3 is 15.4 Å². The molecule has 0 saturated heterocycles. The summed E-state index contributed by atoms with van der Waals surface area (Å²) < 4.78 is 5.45. The van der Waals surface area contributed by atoms with Gasteiger partial charge in [0.25, 0.3) is 5.91 Å². The summed E-state index contributed by atoms with van der Waals surface area (Å²) in [6.45, 7) is 2.77. The zero-order chi connectivity index (χ0) is 12.7. The highest BCUT2D eigenvalue weighted by Crippen LogP contribution is 2.42. The van der Waals surface area contributed by atoms with Gasteiger partial charge in [0.2, 0.25) is 0 Å². The van der Waals surface area contributed by atoms with Crippen LogP contribution in [-0.4, -0.2) is 19.1 Å². The lowest BCUT2D eigenvalue weighted by Gasteiger charge is -2.29. The third-order valence-corrected chi connectivity index (χ3v) is 3.76. The van der Waals surface area contributed by atoms with Gasteiger partial charge in [0.15, 0.2) is 6.61 Å². The molecule has 0 spiro atoms. The van der Waals surface area contributed by atoms with Crippen molar-refractivity contribution in [2.45, 2.75) is 25.8 Å². The van der Waals surface area contributed by atoms with E-state index in [9.17, 15) is 4.79 Å². The largest absolute Gasteiger partial charge is 0.482 e.